The highest BCUT2D eigenvalue weighted by molar-refractivity contribution is 5.97. The molecule has 1 aromatic carbocycles. The molecule has 10 heteroatoms. The number of carbonyl (C=O) groups is 1. The largest absolute Gasteiger partial charge is 0.395 e. The number of fused-ring (bicyclic) bond motifs is 1. The average molecular weight is 428 g/mol. The van der Waals surface area contributed by atoms with Crippen LogP contribution >= 0.6 is 0 Å². The number of urea groups is 1. The number of aliphatic hydroxyl groups is 1. The van der Waals surface area contributed by atoms with Crippen molar-refractivity contribution in [1.29, 1.82) is 0 Å². The molecule has 31 heavy (non-hydrogen) atoms. The fourth-order valence-electron chi connectivity index (χ4n) is 4.47. The number of benzene rings is 1. The minimum Gasteiger partial charge on any atom is -0.395 e. The summed E-state index contributed by atoms with van der Waals surface area (Å²) >= 11 is 0. The lowest BCUT2D eigenvalue weighted by Crippen LogP contribution is -2.33. The van der Waals surface area contributed by atoms with Crippen LogP contribution in [0.3, 0.4) is 0 Å². The molecular formula is C21H22F2N6O2. The standard InChI is InChI=1S/C21H22F2N6O2/c22-14-3-4-16(23)15(12-14)17-2-1-6-27(17)19-5-7-29-20(25-19)18(13-24-29)28-9-8-26(10-11-30)21(28)31/h3-5,7,12-13,17,30H,1-2,6,8-11H2/t17-/m1/s1. The van der Waals surface area contributed by atoms with Crippen LogP contribution in [0.4, 0.5) is 25.1 Å². The van der Waals surface area contributed by atoms with Gasteiger partial charge in [-0.15, -0.1) is 0 Å². The maximum atomic E-state index is 14.4. The molecule has 0 aliphatic carbocycles. The number of aliphatic hydroxyl groups excluding tert-OH is 1. The van der Waals surface area contributed by atoms with Crippen molar-refractivity contribution in [3.63, 3.8) is 0 Å². The number of β-amino-alcohol motifs (C(OH)–C–C–N with tert-alkyl or cyclic N) is 1. The van der Waals surface area contributed by atoms with Crippen LogP contribution in [0.15, 0.2) is 36.7 Å². The Morgan fingerprint density at radius 3 is 2.87 bits per heavy atom. The van der Waals surface area contributed by atoms with Gasteiger partial charge in [0.05, 0.1) is 18.8 Å². The smallest absolute Gasteiger partial charge is 0.324 e. The second-order valence-electron chi connectivity index (χ2n) is 7.75. The minimum absolute atomic E-state index is 0.0935. The van der Waals surface area contributed by atoms with Gasteiger partial charge in [-0.2, -0.15) is 5.10 Å². The zero-order valence-electron chi connectivity index (χ0n) is 16.8. The first-order valence-electron chi connectivity index (χ1n) is 10.3. The zero-order valence-corrected chi connectivity index (χ0v) is 16.8. The summed E-state index contributed by atoms with van der Waals surface area (Å²) in [5, 5.41) is 13.5. The highest BCUT2D eigenvalue weighted by Gasteiger charge is 2.33. The molecule has 2 aliphatic rings. The molecule has 0 radical (unpaired) electrons. The second kappa shape index (κ2) is 7.77. The quantitative estimate of drug-likeness (QED) is 0.676. The van der Waals surface area contributed by atoms with E-state index < -0.39 is 11.6 Å². The predicted octanol–water partition coefficient (Wildman–Crippen LogP) is 2.58. The van der Waals surface area contributed by atoms with Crippen LogP contribution in [-0.2, 0) is 0 Å². The Kier molecular flexibility index (Phi) is 4.93. The molecule has 0 bridgehead atoms. The molecular weight excluding hydrogens is 406 g/mol. The van der Waals surface area contributed by atoms with Crippen LogP contribution in [0.5, 0.6) is 0 Å². The number of hydrogen-bond acceptors (Lipinski definition) is 5. The van der Waals surface area contributed by atoms with E-state index in [-0.39, 0.29) is 25.2 Å². The average Bonchev–Trinajstić information content (AvgIpc) is 3.49. The van der Waals surface area contributed by atoms with Crippen molar-refractivity contribution in [3.05, 3.63) is 53.9 Å². The number of carbonyl (C=O) groups excluding carboxylic acids is 1. The fraction of sp³-hybridized carbons (Fsp3) is 0.381. The third-order valence-electron chi connectivity index (χ3n) is 5.96. The van der Waals surface area contributed by atoms with E-state index in [9.17, 15) is 13.6 Å². The van der Waals surface area contributed by atoms with Crippen molar-refractivity contribution in [1.82, 2.24) is 19.5 Å². The number of halogens is 2. The van der Waals surface area contributed by atoms with Gasteiger partial charge in [0.2, 0.25) is 0 Å². The highest BCUT2D eigenvalue weighted by Crippen LogP contribution is 2.37. The maximum Gasteiger partial charge on any atom is 0.324 e. The van der Waals surface area contributed by atoms with E-state index >= 15 is 0 Å². The van der Waals surface area contributed by atoms with E-state index in [0.717, 1.165) is 18.6 Å². The van der Waals surface area contributed by atoms with Crippen molar-refractivity contribution in [3.8, 4) is 0 Å². The van der Waals surface area contributed by atoms with E-state index in [4.69, 9.17) is 10.1 Å². The molecule has 2 saturated heterocycles. The van der Waals surface area contributed by atoms with Gasteiger partial charge in [-0.1, -0.05) is 0 Å². The monoisotopic (exact) mass is 428 g/mol. The Hall–Kier alpha value is -3.27. The Bertz CT molecular complexity index is 1140. The Labute approximate surface area is 177 Å². The second-order valence-corrected chi connectivity index (χ2v) is 7.75. The normalized spacial score (nSPS) is 19.3. The lowest BCUT2D eigenvalue weighted by molar-refractivity contribution is 0.199. The first kappa shape index (κ1) is 19.7. The maximum absolute atomic E-state index is 14.4. The van der Waals surface area contributed by atoms with E-state index in [2.05, 4.69) is 5.10 Å². The molecule has 0 spiro atoms. The summed E-state index contributed by atoms with van der Waals surface area (Å²) in [6.45, 7) is 1.85. The number of anilines is 2. The highest BCUT2D eigenvalue weighted by atomic mass is 19.1. The Morgan fingerprint density at radius 1 is 1.16 bits per heavy atom. The third-order valence-corrected chi connectivity index (χ3v) is 5.96. The van der Waals surface area contributed by atoms with Gasteiger partial charge in [0, 0.05) is 37.9 Å². The van der Waals surface area contributed by atoms with Crippen LogP contribution in [0.1, 0.15) is 24.4 Å². The summed E-state index contributed by atoms with van der Waals surface area (Å²) in [7, 11) is 0. The van der Waals surface area contributed by atoms with Crippen molar-refractivity contribution < 1.29 is 18.7 Å². The summed E-state index contributed by atoms with van der Waals surface area (Å²) in [6, 6.07) is 4.81. The SMILES string of the molecule is O=C1N(CCO)CCN1c1cnn2ccc(N3CCC[C@@H]3c3cc(F)ccc3F)nc12. The number of hydrogen-bond donors (Lipinski definition) is 1. The molecule has 2 aromatic heterocycles. The van der Waals surface area contributed by atoms with Crippen LogP contribution < -0.4 is 9.80 Å². The first-order valence-corrected chi connectivity index (χ1v) is 10.3. The summed E-state index contributed by atoms with van der Waals surface area (Å²) in [4.78, 5) is 22.6. The van der Waals surface area contributed by atoms with Crippen LogP contribution in [0.25, 0.3) is 5.65 Å². The molecule has 2 fully saturated rings. The zero-order chi connectivity index (χ0) is 21.5. The number of amides is 2. The molecule has 3 aromatic rings. The minimum atomic E-state index is -0.468. The van der Waals surface area contributed by atoms with Gasteiger partial charge >= 0.3 is 6.03 Å². The van der Waals surface area contributed by atoms with Crippen molar-refractivity contribution in [2.24, 2.45) is 0 Å². The number of nitrogens with zero attached hydrogens (tertiary/aromatic N) is 6. The van der Waals surface area contributed by atoms with Gasteiger partial charge < -0.3 is 14.9 Å². The topological polar surface area (TPSA) is 77.2 Å². The van der Waals surface area contributed by atoms with Gasteiger partial charge in [-0.3, -0.25) is 4.90 Å². The lowest BCUT2D eigenvalue weighted by atomic mass is 10.0. The molecule has 0 saturated carbocycles. The molecule has 0 unspecified atom stereocenters. The fourth-order valence-corrected chi connectivity index (χ4v) is 4.47. The molecule has 162 valence electrons. The van der Waals surface area contributed by atoms with Crippen molar-refractivity contribution in [2.45, 2.75) is 18.9 Å². The Balaban J connectivity index is 1.49. The van der Waals surface area contributed by atoms with E-state index in [1.807, 2.05) is 4.90 Å². The number of rotatable bonds is 5. The molecule has 1 atom stereocenters. The summed E-state index contributed by atoms with van der Waals surface area (Å²) in [6.07, 6.45) is 4.88. The summed E-state index contributed by atoms with van der Waals surface area (Å²) in [5.41, 5.74) is 1.42. The Morgan fingerprint density at radius 2 is 2.03 bits per heavy atom. The lowest BCUT2D eigenvalue weighted by Gasteiger charge is -2.26. The van der Waals surface area contributed by atoms with E-state index in [1.165, 1.54) is 6.07 Å². The molecule has 5 rings (SSSR count). The van der Waals surface area contributed by atoms with Gasteiger partial charge in [0.15, 0.2) is 5.65 Å². The molecule has 4 heterocycles. The van der Waals surface area contributed by atoms with Crippen LogP contribution in [-0.4, -0.2) is 63.4 Å². The first-order chi connectivity index (χ1) is 15.1. The molecule has 2 aliphatic heterocycles. The summed E-state index contributed by atoms with van der Waals surface area (Å²) in [5.74, 6) is -0.278. The predicted molar refractivity (Wildman–Crippen MR) is 110 cm³/mol. The van der Waals surface area contributed by atoms with Gasteiger partial charge in [0.25, 0.3) is 0 Å². The van der Waals surface area contributed by atoms with Crippen LogP contribution in [0.2, 0.25) is 0 Å². The van der Waals surface area contributed by atoms with Gasteiger partial charge in [-0.05, 0) is 37.1 Å². The third kappa shape index (κ3) is 3.36. The van der Waals surface area contributed by atoms with Gasteiger partial charge in [-0.25, -0.2) is 23.1 Å². The van der Waals surface area contributed by atoms with Crippen molar-refractivity contribution >= 4 is 23.2 Å². The molecule has 8 nitrogen and oxygen atoms in total. The van der Waals surface area contributed by atoms with Crippen molar-refractivity contribution in [2.75, 3.05) is 42.6 Å². The van der Waals surface area contributed by atoms with Gasteiger partial charge in [0.1, 0.15) is 23.1 Å². The number of aromatic nitrogens is 3. The van der Waals surface area contributed by atoms with E-state index in [1.54, 1.807) is 32.8 Å². The molecule has 2 amide bonds. The molecule has 1 N–H and O–H groups in total. The summed E-state index contributed by atoms with van der Waals surface area (Å²) < 4.78 is 29.8. The van der Waals surface area contributed by atoms with Crippen LogP contribution in [0, 0.1) is 11.6 Å². The van der Waals surface area contributed by atoms with E-state index in [0.29, 0.717) is 48.8 Å².